The predicted molar refractivity (Wildman–Crippen MR) is 107 cm³/mol. The van der Waals surface area contributed by atoms with Crippen molar-refractivity contribution in [1.29, 1.82) is 0 Å². The second-order valence-electron chi connectivity index (χ2n) is 7.33. The van der Waals surface area contributed by atoms with E-state index >= 15 is 0 Å². The van der Waals surface area contributed by atoms with E-state index in [-0.39, 0.29) is 17.3 Å². The molecule has 3 aromatic rings. The number of aromatic nitrogens is 4. The van der Waals surface area contributed by atoms with E-state index in [9.17, 15) is 4.79 Å². The number of hydrogen-bond donors (Lipinski definition) is 1. The van der Waals surface area contributed by atoms with Gasteiger partial charge in [-0.15, -0.1) is 5.10 Å². The van der Waals surface area contributed by atoms with Crippen LogP contribution >= 0.6 is 15.9 Å². The summed E-state index contributed by atoms with van der Waals surface area (Å²) >= 11 is 3.48. The van der Waals surface area contributed by atoms with Gasteiger partial charge in [-0.3, -0.25) is 4.79 Å². The molecule has 0 spiro atoms. The van der Waals surface area contributed by atoms with E-state index in [1.807, 2.05) is 25.1 Å². The van der Waals surface area contributed by atoms with Crippen LogP contribution in [-0.2, 0) is 6.42 Å². The van der Waals surface area contributed by atoms with Crippen molar-refractivity contribution in [2.75, 3.05) is 0 Å². The first-order valence-corrected chi connectivity index (χ1v) is 10.1. The van der Waals surface area contributed by atoms with Gasteiger partial charge in [-0.05, 0) is 49.9 Å². The van der Waals surface area contributed by atoms with Crippen LogP contribution < -0.4 is 5.32 Å². The largest absolute Gasteiger partial charge is 0.343 e. The summed E-state index contributed by atoms with van der Waals surface area (Å²) in [5.41, 5.74) is 1.87. The Kier molecular flexibility index (Phi) is 4.95. The number of nitrogens with one attached hydrogen (secondary N) is 1. The molecule has 6 nitrogen and oxygen atoms in total. The third-order valence-corrected chi connectivity index (χ3v) is 5.81. The standard InChI is InChI=1S/C20H22BrN5O/c1-14-9-12-22-19-23-17(25-26(14)19)18(27)24-20(10-3-2-4-11-20)13-15-5-7-16(21)8-6-15/h5-9,12H,2-4,10-11,13H2,1H3,(H,24,27). The number of hydrogen-bond acceptors (Lipinski definition) is 4. The van der Waals surface area contributed by atoms with Crippen molar-refractivity contribution in [3.05, 3.63) is 58.1 Å². The highest BCUT2D eigenvalue weighted by Gasteiger charge is 2.35. The highest BCUT2D eigenvalue weighted by Crippen LogP contribution is 2.32. The Morgan fingerprint density at radius 1 is 1.19 bits per heavy atom. The van der Waals surface area contributed by atoms with E-state index in [1.54, 1.807) is 10.7 Å². The predicted octanol–water partition coefficient (Wildman–Crippen LogP) is 3.87. The Morgan fingerprint density at radius 3 is 2.63 bits per heavy atom. The fraction of sp³-hybridized carbons (Fsp3) is 0.400. The van der Waals surface area contributed by atoms with Crippen molar-refractivity contribution < 1.29 is 4.79 Å². The van der Waals surface area contributed by atoms with Crippen LogP contribution in [0, 0.1) is 6.92 Å². The molecule has 2 heterocycles. The molecule has 0 aliphatic heterocycles. The maximum absolute atomic E-state index is 13.0. The van der Waals surface area contributed by atoms with Gasteiger partial charge in [-0.1, -0.05) is 47.3 Å². The molecule has 2 aromatic heterocycles. The van der Waals surface area contributed by atoms with Crippen LogP contribution in [0.1, 0.15) is 54.0 Å². The number of aryl methyl sites for hydroxylation is 1. The number of amides is 1. The van der Waals surface area contributed by atoms with Crippen LogP contribution in [-0.4, -0.2) is 31.0 Å². The Labute approximate surface area is 166 Å². The van der Waals surface area contributed by atoms with Gasteiger partial charge in [0, 0.05) is 21.9 Å². The zero-order valence-corrected chi connectivity index (χ0v) is 16.9. The van der Waals surface area contributed by atoms with E-state index < -0.39 is 0 Å². The third-order valence-electron chi connectivity index (χ3n) is 5.28. The zero-order chi connectivity index (χ0) is 18.9. The summed E-state index contributed by atoms with van der Waals surface area (Å²) in [6.45, 7) is 1.92. The number of carbonyl (C=O) groups is 1. The monoisotopic (exact) mass is 427 g/mol. The molecule has 27 heavy (non-hydrogen) atoms. The van der Waals surface area contributed by atoms with E-state index in [0.717, 1.165) is 42.3 Å². The number of rotatable bonds is 4. The second kappa shape index (κ2) is 7.38. The molecule has 7 heteroatoms. The summed E-state index contributed by atoms with van der Waals surface area (Å²) < 4.78 is 2.67. The molecule has 1 amide bonds. The van der Waals surface area contributed by atoms with E-state index in [1.165, 1.54) is 12.0 Å². The summed E-state index contributed by atoms with van der Waals surface area (Å²) in [6.07, 6.45) is 7.90. The minimum atomic E-state index is -0.247. The maximum atomic E-state index is 13.0. The number of halogens is 1. The molecule has 0 unspecified atom stereocenters. The molecule has 1 aromatic carbocycles. The number of fused-ring (bicyclic) bond motifs is 1. The Hall–Kier alpha value is -2.28. The van der Waals surface area contributed by atoms with Crippen LogP contribution in [0.2, 0.25) is 0 Å². The van der Waals surface area contributed by atoms with Gasteiger partial charge in [0.25, 0.3) is 11.7 Å². The van der Waals surface area contributed by atoms with Crippen molar-refractivity contribution in [1.82, 2.24) is 24.9 Å². The number of nitrogens with zero attached hydrogens (tertiary/aromatic N) is 4. The molecule has 1 saturated carbocycles. The lowest BCUT2D eigenvalue weighted by molar-refractivity contribution is 0.0857. The van der Waals surface area contributed by atoms with Crippen LogP contribution in [0.3, 0.4) is 0 Å². The molecule has 1 N–H and O–H groups in total. The van der Waals surface area contributed by atoms with Crippen molar-refractivity contribution in [3.8, 4) is 0 Å². The van der Waals surface area contributed by atoms with Gasteiger partial charge in [0.15, 0.2) is 0 Å². The zero-order valence-electron chi connectivity index (χ0n) is 15.3. The SMILES string of the molecule is Cc1ccnc2nc(C(=O)NC3(Cc4ccc(Br)cc4)CCCCC3)nn12. The van der Waals surface area contributed by atoms with Gasteiger partial charge < -0.3 is 5.32 Å². The molecule has 0 radical (unpaired) electrons. The Bertz CT molecular complexity index is 960. The van der Waals surface area contributed by atoms with Crippen molar-refractivity contribution >= 4 is 27.6 Å². The number of carbonyl (C=O) groups excluding carboxylic acids is 1. The molecule has 1 aliphatic carbocycles. The fourth-order valence-electron chi connectivity index (χ4n) is 3.87. The molecule has 4 rings (SSSR count). The highest BCUT2D eigenvalue weighted by molar-refractivity contribution is 9.10. The minimum Gasteiger partial charge on any atom is -0.343 e. The van der Waals surface area contributed by atoms with Crippen LogP contribution in [0.4, 0.5) is 0 Å². The third kappa shape index (κ3) is 3.88. The van der Waals surface area contributed by atoms with Gasteiger partial charge in [-0.25, -0.2) is 9.50 Å². The van der Waals surface area contributed by atoms with E-state index in [2.05, 4.69) is 48.4 Å². The summed E-state index contributed by atoms with van der Waals surface area (Å²) in [4.78, 5) is 21.5. The fourth-order valence-corrected chi connectivity index (χ4v) is 4.13. The van der Waals surface area contributed by atoms with Crippen molar-refractivity contribution in [2.45, 2.75) is 51.0 Å². The topological polar surface area (TPSA) is 72.2 Å². The van der Waals surface area contributed by atoms with Gasteiger partial charge in [-0.2, -0.15) is 4.98 Å². The highest BCUT2D eigenvalue weighted by atomic mass is 79.9. The molecule has 0 bridgehead atoms. The lowest BCUT2D eigenvalue weighted by Gasteiger charge is -2.38. The summed E-state index contributed by atoms with van der Waals surface area (Å²) in [5.74, 6) is 0.405. The smallest absolute Gasteiger partial charge is 0.291 e. The lowest BCUT2D eigenvalue weighted by Crippen LogP contribution is -2.51. The normalized spacial score (nSPS) is 16.4. The first-order chi connectivity index (χ1) is 13.0. The molecule has 0 saturated heterocycles. The molecular weight excluding hydrogens is 406 g/mol. The average Bonchev–Trinajstić information content (AvgIpc) is 3.10. The van der Waals surface area contributed by atoms with Gasteiger partial charge in [0.1, 0.15) is 0 Å². The minimum absolute atomic E-state index is 0.178. The summed E-state index contributed by atoms with van der Waals surface area (Å²) in [6, 6.07) is 10.2. The summed E-state index contributed by atoms with van der Waals surface area (Å²) in [5, 5.41) is 7.63. The van der Waals surface area contributed by atoms with E-state index in [4.69, 9.17) is 0 Å². The summed E-state index contributed by atoms with van der Waals surface area (Å²) in [7, 11) is 0. The van der Waals surface area contributed by atoms with Crippen LogP contribution in [0.15, 0.2) is 41.0 Å². The van der Waals surface area contributed by atoms with Gasteiger partial charge >= 0.3 is 0 Å². The second-order valence-corrected chi connectivity index (χ2v) is 8.25. The van der Waals surface area contributed by atoms with Crippen molar-refractivity contribution in [3.63, 3.8) is 0 Å². The Balaban J connectivity index is 1.59. The molecular formula is C20H22BrN5O. The van der Waals surface area contributed by atoms with E-state index in [0.29, 0.717) is 5.78 Å². The molecule has 1 fully saturated rings. The lowest BCUT2D eigenvalue weighted by atomic mass is 9.77. The molecule has 140 valence electrons. The molecule has 1 aliphatic rings. The first-order valence-electron chi connectivity index (χ1n) is 9.30. The van der Waals surface area contributed by atoms with Gasteiger partial charge in [0.05, 0.1) is 0 Å². The average molecular weight is 428 g/mol. The molecule has 0 atom stereocenters. The first kappa shape index (κ1) is 18.1. The van der Waals surface area contributed by atoms with Crippen LogP contribution in [0.5, 0.6) is 0 Å². The van der Waals surface area contributed by atoms with Crippen molar-refractivity contribution in [2.24, 2.45) is 0 Å². The Morgan fingerprint density at radius 2 is 1.93 bits per heavy atom. The van der Waals surface area contributed by atoms with Gasteiger partial charge in [0.2, 0.25) is 5.82 Å². The maximum Gasteiger partial charge on any atom is 0.291 e. The quantitative estimate of drug-likeness (QED) is 0.685. The van der Waals surface area contributed by atoms with Crippen LogP contribution in [0.25, 0.3) is 5.78 Å². The number of benzene rings is 1.